The SMILES string of the molecule is CCC(=O)CC[C@H](NC(=O)C(C)C)C(=O)O. The van der Waals surface area contributed by atoms with Crippen LogP contribution in [0.5, 0.6) is 0 Å². The molecule has 0 aromatic carbocycles. The van der Waals surface area contributed by atoms with Crippen LogP contribution in [0.15, 0.2) is 0 Å². The van der Waals surface area contributed by atoms with Gasteiger partial charge in [0.25, 0.3) is 0 Å². The lowest BCUT2D eigenvalue weighted by Gasteiger charge is -2.15. The molecule has 0 aliphatic rings. The van der Waals surface area contributed by atoms with Gasteiger partial charge in [0.15, 0.2) is 0 Å². The summed E-state index contributed by atoms with van der Waals surface area (Å²) in [5.74, 6) is -1.66. The van der Waals surface area contributed by atoms with E-state index >= 15 is 0 Å². The summed E-state index contributed by atoms with van der Waals surface area (Å²) in [5, 5.41) is 11.3. The lowest BCUT2D eigenvalue weighted by molar-refractivity contribution is -0.142. The molecule has 92 valence electrons. The quantitative estimate of drug-likeness (QED) is 0.681. The second-order valence-electron chi connectivity index (χ2n) is 3.99. The summed E-state index contributed by atoms with van der Waals surface area (Å²) in [7, 11) is 0. The van der Waals surface area contributed by atoms with E-state index in [0.717, 1.165) is 0 Å². The Labute approximate surface area is 95.2 Å². The number of ketones is 1. The minimum atomic E-state index is -1.10. The third-order valence-electron chi connectivity index (χ3n) is 2.25. The molecule has 0 heterocycles. The molecule has 16 heavy (non-hydrogen) atoms. The third kappa shape index (κ3) is 5.48. The lowest BCUT2D eigenvalue weighted by atomic mass is 10.1. The number of carboxylic acid groups (broad SMARTS) is 1. The van der Waals surface area contributed by atoms with E-state index in [4.69, 9.17) is 5.11 Å². The minimum absolute atomic E-state index is 0.00467. The molecule has 0 fully saturated rings. The van der Waals surface area contributed by atoms with Crippen LogP contribution in [0.4, 0.5) is 0 Å². The van der Waals surface area contributed by atoms with Crippen LogP contribution in [0.2, 0.25) is 0 Å². The molecule has 0 radical (unpaired) electrons. The molecule has 0 aliphatic carbocycles. The summed E-state index contributed by atoms with van der Waals surface area (Å²) in [6.07, 6.45) is 0.733. The molecule has 0 aromatic heterocycles. The molecule has 0 aliphatic heterocycles. The van der Waals surface area contributed by atoms with Crippen LogP contribution in [0.25, 0.3) is 0 Å². The highest BCUT2D eigenvalue weighted by atomic mass is 16.4. The van der Waals surface area contributed by atoms with Crippen LogP contribution < -0.4 is 5.32 Å². The van der Waals surface area contributed by atoms with Crippen molar-refractivity contribution in [1.82, 2.24) is 5.32 Å². The van der Waals surface area contributed by atoms with Crippen LogP contribution in [0.3, 0.4) is 0 Å². The molecule has 0 unspecified atom stereocenters. The highest BCUT2D eigenvalue weighted by Gasteiger charge is 2.21. The maximum absolute atomic E-state index is 11.3. The van der Waals surface area contributed by atoms with E-state index in [1.165, 1.54) is 0 Å². The summed E-state index contributed by atoms with van der Waals surface area (Å²) in [4.78, 5) is 33.2. The average Bonchev–Trinajstić information content (AvgIpc) is 2.22. The van der Waals surface area contributed by atoms with Gasteiger partial charge in [0.1, 0.15) is 11.8 Å². The van der Waals surface area contributed by atoms with Gasteiger partial charge >= 0.3 is 5.97 Å². The Morgan fingerprint density at radius 2 is 1.81 bits per heavy atom. The van der Waals surface area contributed by atoms with Crippen molar-refractivity contribution in [2.24, 2.45) is 5.92 Å². The zero-order valence-electron chi connectivity index (χ0n) is 9.95. The highest BCUT2D eigenvalue weighted by molar-refractivity contribution is 5.85. The lowest BCUT2D eigenvalue weighted by Crippen LogP contribution is -2.42. The zero-order valence-corrected chi connectivity index (χ0v) is 9.95. The van der Waals surface area contributed by atoms with Crippen molar-refractivity contribution in [3.05, 3.63) is 0 Å². The molecule has 5 heteroatoms. The summed E-state index contributed by atoms with van der Waals surface area (Å²) < 4.78 is 0. The number of carbonyl (C=O) groups is 3. The number of hydrogen-bond donors (Lipinski definition) is 2. The normalized spacial score (nSPS) is 12.2. The fourth-order valence-corrected chi connectivity index (χ4v) is 1.08. The number of amides is 1. The first-order valence-corrected chi connectivity index (χ1v) is 5.43. The molecule has 0 saturated carbocycles. The van der Waals surface area contributed by atoms with Crippen LogP contribution in [0, 0.1) is 5.92 Å². The standard InChI is InChI=1S/C11H19NO4/c1-4-8(13)5-6-9(11(15)16)12-10(14)7(2)3/h7,9H,4-6H2,1-3H3,(H,12,14)(H,15,16)/t9-/m0/s1. The van der Waals surface area contributed by atoms with Crippen LogP contribution in [0.1, 0.15) is 40.0 Å². The Balaban J connectivity index is 4.24. The van der Waals surface area contributed by atoms with Crippen LogP contribution in [-0.4, -0.2) is 28.8 Å². The van der Waals surface area contributed by atoms with Gasteiger partial charge in [0, 0.05) is 18.8 Å². The Morgan fingerprint density at radius 1 is 1.25 bits per heavy atom. The van der Waals surface area contributed by atoms with Crippen molar-refractivity contribution >= 4 is 17.7 Å². The molecule has 5 nitrogen and oxygen atoms in total. The molecule has 0 bridgehead atoms. The number of Topliss-reactive ketones (excluding diaryl/α,β-unsaturated/α-hetero) is 1. The van der Waals surface area contributed by atoms with Crippen molar-refractivity contribution in [2.75, 3.05) is 0 Å². The van der Waals surface area contributed by atoms with Gasteiger partial charge in [-0.25, -0.2) is 4.79 Å². The number of hydrogen-bond acceptors (Lipinski definition) is 3. The first kappa shape index (κ1) is 14.6. The smallest absolute Gasteiger partial charge is 0.326 e. The van der Waals surface area contributed by atoms with Crippen molar-refractivity contribution in [2.45, 2.75) is 46.1 Å². The molecule has 0 saturated heterocycles. The maximum Gasteiger partial charge on any atom is 0.326 e. The van der Waals surface area contributed by atoms with Gasteiger partial charge in [0.2, 0.25) is 5.91 Å². The van der Waals surface area contributed by atoms with Gasteiger partial charge in [0.05, 0.1) is 0 Å². The molecule has 1 amide bonds. The summed E-state index contributed by atoms with van der Waals surface area (Å²) in [5.41, 5.74) is 0. The number of carbonyl (C=O) groups excluding carboxylic acids is 2. The summed E-state index contributed by atoms with van der Waals surface area (Å²) >= 11 is 0. The predicted octanol–water partition coefficient (Wildman–Crippen LogP) is 0.971. The van der Waals surface area contributed by atoms with E-state index < -0.39 is 12.0 Å². The van der Waals surface area contributed by atoms with Gasteiger partial charge < -0.3 is 10.4 Å². The summed E-state index contributed by atoms with van der Waals surface area (Å²) in [6.45, 7) is 5.10. The molecule has 0 spiro atoms. The Morgan fingerprint density at radius 3 is 2.19 bits per heavy atom. The molecular formula is C11H19NO4. The summed E-state index contributed by atoms with van der Waals surface area (Å²) in [6, 6.07) is -0.967. The average molecular weight is 229 g/mol. The molecule has 1 atom stereocenters. The Hall–Kier alpha value is -1.39. The predicted molar refractivity (Wildman–Crippen MR) is 58.9 cm³/mol. The van der Waals surface area contributed by atoms with Crippen LogP contribution >= 0.6 is 0 Å². The van der Waals surface area contributed by atoms with E-state index in [1.54, 1.807) is 20.8 Å². The van der Waals surface area contributed by atoms with Crippen molar-refractivity contribution in [3.8, 4) is 0 Å². The van der Waals surface area contributed by atoms with E-state index in [1.807, 2.05) is 0 Å². The fraction of sp³-hybridized carbons (Fsp3) is 0.727. The highest BCUT2D eigenvalue weighted by Crippen LogP contribution is 2.02. The number of rotatable bonds is 7. The third-order valence-corrected chi connectivity index (χ3v) is 2.25. The van der Waals surface area contributed by atoms with Gasteiger partial charge in [-0.3, -0.25) is 9.59 Å². The second kappa shape index (κ2) is 6.98. The van der Waals surface area contributed by atoms with Crippen LogP contribution in [-0.2, 0) is 14.4 Å². The van der Waals surface area contributed by atoms with Gasteiger partial charge in [-0.15, -0.1) is 0 Å². The number of carboxylic acids is 1. The second-order valence-corrected chi connectivity index (χ2v) is 3.99. The molecule has 0 rings (SSSR count). The van der Waals surface area contributed by atoms with Gasteiger partial charge in [-0.1, -0.05) is 20.8 Å². The van der Waals surface area contributed by atoms with E-state index in [2.05, 4.69) is 5.32 Å². The fourth-order valence-electron chi connectivity index (χ4n) is 1.08. The Kier molecular flexibility index (Phi) is 6.37. The maximum atomic E-state index is 11.3. The molecular weight excluding hydrogens is 210 g/mol. The minimum Gasteiger partial charge on any atom is -0.480 e. The molecule has 0 aromatic rings. The number of nitrogens with one attached hydrogen (secondary N) is 1. The first-order chi connectivity index (χ1) is 7.38. The van der Waals surface area contributed by atoms with E-state index in [9.17, 15) is 14.4 Å². The number of aliphatic carboxylic acids is 1. The monoisotopic (exact) mass is 229 g/mol. The van der Waals surface area contributed by atoms with Gasteiger partial charge in [-0.2, -0.15) is 0 Å². The Bertz CT molecular complexity index is 273. The van der Waals surface area contributed by atoms with Gasteiger partial charge in [-0.05, 0) is 6.42 Å². The van der Waals surface area contributed by atoms with Crippen molar-refractivity contribution < 1.29 is 19.5 Å². The van der Waals surface area contributed by atoms with Crippen molar-refractivity contribution in [3.63, 3.8) is 0 Å². The van der Waals surface area contributed by atoms with E-state index in [0.29, 0.717) is 6.42 Å². The molecule has 2 N–H and O–H groups in total. The topological polar surface area (TPSA) is 83.5 Å². The van der Waals surface area contributed by atoms with E-state index in [-0.39, 0.29) is 30.4 Å². The first-order valence-electron chi connectivity index (χ1n) is 5.43. The zero-order chi connectivity index (χ0) is 12.7. The van der Waals surface area contributed by atoms with Crippen molar-refractivity contribution in [1.29, 1.82) is 0 Å². The largest absolute Gasteiger partial charge is 0.480 e.